The lowest BCUT2D eigenvalue weighted by Crippen LogP contribution is -1.92. The van der Waals surface area contributed by atoms with Gasteiger partial charge in [-0.3, -0.25) is 0 Å². The molecule has 0 atom stereocenters. The van der Waals surface area contributed by atoms with Crippen LogP contribution in [0.5, 0.6) is 0 Å². The Labute approximate surface area is 88.5 Å². The Morgan fingerprint density at radius 2 is 2.36 bits per heavy atom. The third-order valence-electron chi connectivity index (χ3n) is 2.02. The highest BCUT2D eigenvalue weighted by Crippen LogP contribution is 2.17. The minimum Gasteiger partial charge on any atom is -0.244 e. The molecule has 0 radical (unpaired) electrons. The number of hydrogen-bond donors (Lipinski definition) is 0. The smallest absolute Gasteiger partial charge is 0.132 e. The van der Waals surface area contributed by atoms with Crippen molar-refractivity contribution in [1.29, 1.82) is 0 Å². The van der Waals surface area contributed by atoms with Crippen molar-refractivity contribution in [2.24, 2.45) is 5.18 Å². The molecule has 4 heteroatoms. The quantitative estimate of drug-likeness (QED) is 0.555. The minimum atomic E-state index is 0.170. The molecule has 0 unspecified atom stereocenters. The fourth-order valence-electron chi connectivity index (χ4n) is 1.25. The van der Waals surface area contributed by atoms with Gasteiger partial charge in [-0.05, 0) is 30.0 Å². The molecule has 0 N–H and O–H groups in total. The first kappa shape index (κ1) is 11.1. The van der Waals surface area contributed by atoms with Gasteiger partial charge in [0.2, 0.25) is 0 Å². The van der Waals surface area contributed by atoms with Crippen LogP contribution in [0.25, 0.3) is 0 Å². The first-order chi connectivity index (χ1) is 6.77. The number of aryl methyl sites for hydroxylation is 1. The number of nitrogens with zero attached hydrogens (tertiary/aromatic N) is 2. The van der Waals surface area contributed by atoms with Crippen LogP contribution < -0.4 is 0 Å². The van der Waals surface area contributed by atoms with Crippen LogP contribution in [-0.4, -0.2) is 4.98 Å². The maximum atomic E-state index is 10.1. The number of pyridine rings is 1. The summed E-state index contributed by atoms with van der Waals surface area (Å²) in [7, 11) is 0. The second kappa shape index (κ2) is 5.70. The highest BCUT2D eigenvalue weighted by atomic mass is 35.5. The van der Waals surface area contributed by atoms with E-state index in [0.29, 0.717) is 5.15 Å². The molecule has 0 aliphatic carbocycles. The number of halogens is 1. The molecule has 0 aliphatic rings. The lowest BCUT2D eigenvalue weighted by molar-refractivity contribution is 0.790. The lowest BCUT2D eigenvalue weighted by atomic mass is 10.1. The highest BCUT2D eigenvalue weighted by Gasteiger charge is 2.03. The summed E-state index contributed by atoms with van der Waals surface area (Å²) in [6.07, 6.45) is 4.71. The summed E-state index contributed by atoms with van der Waals surface area (Å²) < 4.78 is 0. The number of aromatic nitrogens is 1. The molecule has 0 bridgehead atoms. The van der Waals surface area contributed by atoms with Crippen molar-refractivity contribution in [3.8, 4) is 0 Å². The van der Waals surface area contributed by atoms with E-state index in [1.165, 1.54) is 0 Å². The topological polar surface area (TPSA) is 42.3 Å². The van der Waals surface area contributed by atoms with Gasteiger partial charge in [0.05, 0.1) is 0 Å². The molecule has 0 saturated heterocycles. The third kappa shape index (κ3) is 3.07. The van der Waals surface area contributed by atoms with Crippen LogP contribution in [-0.2, 0) is 13.0 Å². The van der Waals surface area contributed by atoms with E-state index in [2.05, 4.69) is 17.1 Å². The second-order valence-corrected chi connectivity index (χ2v) is 3.54. The predicted molar refractivity (Wildman–Crippen MR) is 57.4 cm³/mol. The second-order valence-electron chi connectivity index (χ2n) is 3.18. The molecule has 1 rings (SSSR count). The zero-order valence-electron chi connectivity index (χ0n) is 8.16. The zero-order valence-corrected chi connectivity index (χ0v) is 8.92. The van der Waals surface area contributed by atoms with E-state index in [9.17, 15) is 4.91 Å². The average Bonchev–Trinajstić information content (AvgIpc) is 2.19. The van der Waals surface area contributed by atoms with Crippen molar-refractivity contribution in [3.05, 3.63) is 33.5 Å². The van der Waals surface area contributed by atoms with Crippen molar-refractivity contribution in [2.45, 2.75) is 32.7 Å². The van der Waals surface area contributed by atoms with Gasteiger partial charge in [-0.25, -0.2) is 4.98 Å². The van der Waals surface area contributed by atoms with Crippen LogP contribution in [0.3, 0.4) is 0 Å². The molecule has 0 aromatic carbocycles. The number of unbranched alkanes of at least 4 members (excludes halogenated alkanes) is 1. The van der Waals surface area contributed by atoms with E-state index in [0.717, 1.165) is 30.4 Å². The van der Waals surface area contributed by atoms with Gasteiger partial charge in [0.1, 0.15) is 11.7 Å². The summed E-state index contributed by atoms with van der Waals surface area (Å²) in [5.74, 6) is 0. The molecular weight excluding hydrogens is 200 g/mol. The molecule has 0 saturated carbocycles. The monoisotopic (exact) mass is 212 g/mol. The summed E-state index contributed by atoms with van der Waals surface area (Å²) in [5, 5.41) is 3.36. The molecule has 1 heterocycles. The summed E-state index contributed by atoms with van der Waals surface area (Å²) in [5.41, 5.74) is 1.84. The molecular formula is C10H13ClN2O. The van der Waals surface area contributed by atoms with Crippen molar-refractivity contribution in [3.63, 3.8) is 0 Å². The fourth-order valence-corrected chi connectivity index (χ4v) is 1.44. The zero-order chi connectivity index (χ0) is 10.4. The van der Waals surface area contributed by atoms with Crippen LogP contribution in [0.15, 0.2) is 17.4 Å². The molecule has 0 aliphatic heterocycles. The largest absolute Gasteiger partial charge is 0.244 e. The van der Waals surface area contributed by atoms with Crippen LogP contribution >= 0.6 is 11.6 Å². The molecule has 76 valence electrons. The van der Waals surface area contributed by atoms with Crippen LogP contribution in [0.2, 0.25) is 5.15 Å². The van der Waals surface area contributed by atoms with Crippen LogP contribution in [0, 0.1) is 4.91 Å². The highest BCUT2D eigenvalue weighted by molar-refractivity contribution is 6.30. The van der Waals surface area contributed by atoms with E-state index in [4.69, 9.17) is 11.6 Å². The summed E-state index contributed by atoms with van der Waals surface area (Å²) in [6.45, 7) is 2.29. The minimum absolute atomic E-state index is 0.170. The predicted octanol–water partition coefficient (Wildman–Crippen LogP) is 3.34. The third-order valence-corrected chi connectivity index (χ3v) is 2.36. The van der Waals surface area contributed by atoms with E-state index in [1.54, 1.807) is 6.20 Å². The van der Waals surface area contributed by atoms with Crippen molar-refractivity contribution < 1.29 is 0 Å². The Balaban J connectivity index is 2.78. The molecule has 0 fully saturated rings. The van der Waals surface area contributed by atoms with Gasteiger partial charge in [0.15, 0.2) is 0 Å². The Morgan fingerprint density at radius 3 is 3.00 bits per heavy atom. The van der Waals surface area contributed by atoms with Gasteiger partial charge in [-0.2, -0.15) is 4.91 Å². The first-order valence-electron chi connectivity index (χ1n) is 4.70. The lowest BCUT2D eigenvalue weighted by Gasteiger charge is -2.03. The van der Waals surface area contributed by atoms with Gasteiger partial charge in [-0.1, -0.05) is 30.1 Å². The summed E-state index contributed by atoms with van der Waals surface area (Å²) >= 11 is 5.91. The molecule has 0 amide bonds. The Morgan fingerprint density at radius 1 is 1.57 bits per heavy atom. The van der Waals surface area contributed by atoms with Gasteiger partial charge in [0, 0.05) is 6.20 Å². The van der Waals surface area contributed by atoms with Crippen molar-refractivity contribution >= 4 is 11.6 Å². The molecule has 0 spiro atoms. The van der Waals surface area contributed by atoms with Crippen LogP contribution in [0.4, 0.5) is 0 Å². The Bertz CT molecular complexity index is 315. The SMILES string of the molecule is CCCCc1cc(CN=O)cnc1Cl. The Hall–Kier alpha value is -0.960. The average molecular weight is 213 g/mol. The van der Waals surface area contributed by atoms with Crippen molar-refractivity contribution in [2.75, 3.05) is 0 Å². The summed E-state index contributed by atoms with van der Waals surface area (Å²) in [4.78, 5) is 14.1. The van der Waals surface area contributed by atoms with Gasteiger partial charge in [-0.15, -0.1) is 0 Å². The van der Waals surface area contributed by atoms with E-state index in [-0.39, 0.29) is 6.54 Å². The fraction of sp³-hybridized carbons (Fsp3) is 0.500. The van der Waals surface area contributed by atoms with Gasteiger partial charge in [0.25, 0.3) is 0 Å². The van der Waals surface area contributed by atoms with Crippen LogP contribution in [0.1, 0.15) is 30.9 Å². The Kier molecular flexibility index (Phi) is 4.53. The molecule has 1 aromatic heterocycles. The number of rotatable bonds is 5. The van der Waals surface area contributed by atoms with Gasteiger partial charge >= 0.3 is 0 Å². The summed E-state index contributed by atoms with van der Waals surface area (Å²) in [6, 6.07) is 1.91. The molecule has 1 aromatic rings. The first-order valence-corrected chi connectivity index (χ1v) is 5.08. The number of nitroso groups, excluding NO2 is 1. The van der Waals surface area contributed by atoms with E-state index >= 15 is 0 Å². The van der Waals surface area contributed by atoms with Gasteiger partial charge < -0.3 is 0 Å². The maximum Gasteiger partial charge on any atom is 0.132 e. The van der Waals surface area contributed by atoms with E-state index in [1.807, 2.05) is 6.07 Å². The number of hydrogen-bond acceptors (Lipinski definition) is 3. The molecule has 14 heavy (non-hydrogen) atoms. The van der Waals surface area contributed by atoms with E-state index < -0.39 is 0 Å². The maximum absolute atomic E-state index is 10.1. The normalized spacial score (nSPS) is 10.1. The van der Waals surface area contributed by atoms with Crippen molar-refractivity contribution in [1.82, 2.24) is 4.98 Å². The standard InChI is InChI=1S/C10H13ClN2O/c1-2-3-4-9-5-8(7-13-14)6-12-10(9)11/h5-6H,2-4,7H2,1H3. The molecule has 3 nitrogen and oxygen atoms in total.